The number of rotatable bonds is 8. The van der Waals surface area contributed by atoms with E-state index in [1.54, 1.807) is 42.5 Å². The van der Waals surface area contributed by atoms with Gasteiger partial charge in [0.05, 0.1) is 10.6 Å². The number of unbranched alkanes of at least 4 members (excludes halogenated alkanes) is 1. The van der Waals surface area contributed by atoms with Crippen LogP contribution in [0.15, 0.2) is 53.4 Å². The van der Waals surface area contributed by atoms with Gasteiger partial charge in [0.25, 0.3) is 10.0 Å². The summed E-state index contributed by atoms with van der Waals surface area (Å²) in [6.45, 7) is 8.36. The summed E-state index contributed by atoms with van der Waals surface area (Å²) in [6, 6.07) is 13.9. The van der Waals surface area contributed by atoms with Gasteiger partial charge in [-0.15, -0.1) is 10.2 Å². The molecule has 0 saturated heterocycles. The maximum atomic E-state index is 13.6. The third kappa shape index (κ3) is 4.37. The van der Waals surface area contributed by atoms with Crippen molar-refractivity contribution in [2.45, 2.75) is 51.5 Å². The molecule has 0 amide bonds. The predicted molar refractivity (Wildman–Crippen MR) is 121 cm³/mol. The maximum Gasteiger partial charge on any atom is 0.264 e. The summed E-state index contributed by atoms with van der Waals surface area (Å²) in [7, 11) is -3.78. The zero-order valence-corrected chi connectivity index (χ0v) is 19.3. The van der Waals surface area contributed by atoms with Crippen LogP contribution in [0.2, 0.25) is 5.02 Å². The van der Waals surface area contributed by atoms with Crippen LogP contribution in [0.25, 0.3) is 11.4 Å². The molecule has 30 heavy (non-hydrogen) atoms. The molecule has 6 nitrogen and oxygen atoms in total. The Labute approximate surface area is 183 Å². The van der Waals surface area contributed by atoms with Crippen LogP contribution >= 0.6 is 11.6 Å². The molecule has 0 aliphatic heterocycles. The number of hydrogen-bond acceptors (Lipinski definition) is 4. The van der Waals surface area contributed by atoms with Gasteiger partial charge in [-0.05, 0) is 57.5 Å². The molecule has 3 rings (SSSR count). The lowest BCUT2D eigenvalue weighted by Crippen LogP contribution is -2.32. The summed E-state index contributed by atoms with van der Waals surface area (Å²) in [5.41, 5.74) is 1.19. The van der Waals surface area contributed by atoms with Gasteiger partial charge in [0.2, 0.25) is 0 Å². The van der Waals surface area contributed by atoms with Crippen LogP contribution in [0.4, 0.5) is 5.69 Å². The lowest BCUT2D eigenvalue weighted by molar-refractivity contribution is 0.586. The van der Waals surface area contributed by atoms with Crippen LogP contribution in [0, 0.1) is 6.92 Å². The molecule has 0 aliphatic carbocycles. The van der Waals surface area contributed by atoms with Crippen molar-refractivity contribution < 1.29 is 8.42 Å². The number of aromatic nitrogens is 3. The van der Waals surface area contributed by atoms with Crippen molar-refractivity contribution >= 4 is 27.3 Å². The molecule has 3 aromatic rings. The first-order chi connectivity index (χ1) is 14.3. The Morgan fingerprint density at radius 2 is 1.80 bits per heavy atom. The van der Waals surface area contributed by atoms with Crippen LogP contribution in [-0.4, -0.2) is 29.7 Å². The minimum absolute atomic E-state index is 0.119. The Bertz CT molecular complexity index is 1110. The van der Waals surface area contributed by atoms with Crippen molar-refractivity contribution in [3.63, 3.8) is 0 Å². The minimum atomic E-state index is -3.78. The Balaban J connectivity index is 2.24. The number of anilines is 1. The standard InChI is InChI=1S/C22H27ClN4O2S/c1-5-6-14-26(30(28,29)19-10-8-7-9-11-19)21-15-18(23)12-13-20(21)22-25-24-17(4)27(22)16(2)3/h7-13,15-16H,5-6,14H2,1-4H3. The summed E-state index contributed by atoms with van der Waals surface area (Å²) >= 11 is 6.32. The Morgan fingerprint density at radius 3 is 2.43 bits per heavy atom. The second kappa shape index (κ2) is 9.18. The first-order valence-corrected chi connectivity index (χ1v) is 11.9. The number of benzene rings is 2. The summed E-state index contributed by atoms with van der Waals surface area (Å²) in [6.07, 6.45) is 1.58. The van der Waals surface area contributed by atoms with Crippen LogP contribution in [0.3, 0.4) is 0 Å². The van der Waals surface area contributed by atoms with Gasteiger partial charge in [-0.2, -0.15) is 0 Å². The first kappa shape index (κ1) is 22.3. The lowest BCUT2D eigenvalue weighted by Gasteiger charge is -2.27. The van der Waals surface area contributed by atoms with E-state index >= 15 is 0 Å². The molecule has 1 aromatic heterocycles. The van der Waals surface area contributed by atoms with Gasteiger partial charge in [0, 0.05) is 23.2 Å². The Kier molecular flexibility index (Phi) is 6.83. The van der Waals surface area contributed by atoms with Crippen molar-refractivity contribution in [3.05, 3.63) is 59.4 Å². The predicted octanol–water partition coefficient (Wildman–Crippen LogP) is 5.48. The molecule has 0 atom stereocenters. The highest BCUT2D eigenvalue weighted by Gasteiger charge is 2.28. The summed E-state index contributed by atoms with van der Waals surface area (Å²) < 4.78 is 30.6. The van der Waals surface area contributed by atoms with Gasteiger partial charge in [-0.25, -0.2) is 8.42 Å². The molecule has 1 heterocycles. The minimum Gasteiger partial charge on any atom is -0.309 e. The summed E-state index contributed by atoms with van der Waals surface area (Å²) in [5.74, 6) is 1.39. The highest BCUT2D eigenvalue weighted by Crippen LogP contribution is 2.37. The zero-order valence-electron chi connectivity index (χ0n) is 17.7. The first-order valence-electron chi connectivity index (χ1n) is 10.1. The molecular weight excluding hydrogens is 420 g/mol. The van der Waals surface area contributed by atoms with Gasteiger partial charge >= 0.3 is 0 Å². The van der Waals surface area contributed by atoms with E-state index < -0.39 is 10.0 Å². The molecule has 2 aromatic carbocycles. The third-order valence-corrected chi connectivity index (χ3v) is 6.96. The van der Waals surface area contributed by atoms with Gasteiger partial charge < -0.3 is 4.57 Å². The molecule has 0 radical (unpaired) electrons. The number of aryl methyl sites for hydroxylation is 1. The Morgan fingerprint density at radius 1 is 1.10 bits per heavy atom. The van der Waals surface area contributed by atoms with E-state index in [4.69, 9.17) is 11.6 Å². The number of nitrogens with zero attached hydrogens (tertiary/aromatic N) is 4. The van der Waals surface area contributed by atoms with Crippen molar-refractivity contribution in [1.82, 2.24) is 14.8 Å². The monoisotopic (exact) mass is 446 g/mol. The van der Waals surface area contributed by atoms with Crippen LogP contribution in [0.5, 0.6) is 0 Å². The van der Waals surface area contributed by atoms with Gasteiger partial charge in [-0.3, -0.25) is 4.31 Å². The third-order valence-electron chi connectivity index (χ3n) is 4.90. The molecule has 0 bridgehead atoms. The number of halogens is 1. The van der Waals surface area contributed by atoms with Crippen LogP contribution in [-0.2, 0) is 10.0 Å². The van der Waals surface area contributed by atoms with E-state index in [1.807, 2.05) is 38.3 Å². The van der Waals surface area contributed by atoms with Gasteiger partial charge in [0.15, 0.2) is 5.82 Å². The largest absolute Gasteiger partial charge is 0.309 e. The summed E-state index contributed by atoms with van der Waals surface area (Å²) in [4.78, 5) is 0.244. The Hall–Kier alpha value is -2.38. The average molecular weight is 447 g/mol. The summed E-state index contributed by atoms with van der Waals surface area (Å²) in [5, 5.41) is 9.06. The maximum absolute atomic E-state index is 13.6. The molecule has 0 unspecified atom stereocenters. The molecule has 0 saturated carbocycles. The van der Waals surface area contributed by atoms with Crippen molar-refractivity contribution in [2.24, 2.45) is 0 Å². The van der Waals surface area contributed by atoms with Gasteiger partial charge in [-0.1, -0.05) is 43.1 Å². The molecular formula is C22H27ClN4O2S. The molecule has 0 aliphatic rings. The van der Waals surface area contributed by atoms with Crippen molar-refractivity contribution in [1.29, 1.82) is 0 Å². The van der Waals surface area contributed by atoms with E-state index in [-0.39, 0.29) is 10.9 Å². The fourth-order valence-corrected chi connectivity index (χ4v) is 5.16. The van der Waals surface area contributed by atoms with E-state index in [9.17, 15) is 8.42 Å². The normalized spacial score (nSPS) is 11.8. The lowest BCUT2D eigenvalue weighted by atomic mass is 10.1. The molecule has 0 spiro atoms. The van der Waals surface area contributed by atoms with Crippen LogP contribution < -0.4 is 4.31 Å². The van der Waals surface area contributed by atoms with E-state index in [1.165, 1.54) is 4.31 Å². The highest BCUT2D eigenvalue weighted by atomic mass is 35.5. The quantitative estimate of drug-likeness (QED) is 0.459. The molecule has 0 fully saturated rings. The van der Waals surface area contributed by atoms with Gasteiger partial charge in [0.1, 0.15) is 5.82 Å². The molecule has 8 heteroatoms. The van der Waals surface area contributed by atoms with E-state index in [2.05, 4.69) is 10.2 Å². The van der Waals surface area contributed by atoms with E-state index in [0.29, 0.717) is 35.1 Å². The topological polar surface area (TPSA) is 68.1 Å². The zero-order chi connectivity index (χ0) is 21.9. The van der Waals surface area contributed by atoms with Crippen molar-refractivity contribution in [3.8, 4) is 11.4 Å². The van der Waals surface area contributed by atoms with Crippen molar-refractivity contribution in [2.75, 3.05) is 10.8 Å². The highest BCUT2D eigenvalue weighted by molar-refractivity contribution is 7.92. The van der Waals surface area contributed by atoms with E-state index in [0.717, 1.165) is 12.2 Å². The number of hydrogen-bond donors (Lipinski definition) is 0. The molecule has 160 valence electrons. The fourth-order valence-electron chi connectivity index (χ4n) is 3.46. The smallest absolute Gasteiger partial charge is 0.264 e. The second-order valence-electron chi connectivity index (χ2n) is 7.44. The SMILES string of the molecule is CCCCN(c1cc(Cl)ccc1-c1nnc(C)n1C(C)C)S(=O)(=O)c1ccccc1. The second-order valence-corrected chi connectivity index (χ2v) is 9.74. The number of sulfonamides is 1. The fraction of sp³-hybridized carbons (Fsp3) is 0.364. The molecule has 0 N–H and O–H groups in total. The van der Waals surface area contributed by atoms with Crippen LogP contribution in [0.1, 0.15) is 45.5 Å². The average Bonchev–Trinajstić information content (AvgIpc) is 3.10.